The van der Waals surface area contributed by atoms with Crippen LogP contribution in [-0.4, -0.2) is 29.8 Å². The van der Waals surface area contributed by atoms with Gasteiger partial charge in [-0.05, 0) is 12.1 Å². The van der Waals surface area contributed by atoms with Gasteiger partial charge in [0.05, 0.1) is 5.69 Å². The maximum Gasteiger partial charge on any atom is 0.435 e. The molecule has 0 radical (unpaired) electrons. The topological polar surface area (TPSA) is 35.5 Å². The summed E-state index contributed by atoms with van der Waals surface area (Å²) in [5.41, 5.74) is -7.32. The molecule has 0 bridgehead atoms. The molecule has 1 saturated heterocycles. The lowest BCUT2D eigenvalue weighted by Gasteiger charge is -2.30. The zero-order valence-corrected chi connectivity index (χ0v) is 11.4. The SMILES string of the molecule is Oc1cc(C(F)(C(F)(F)F)C(F)(F)F)ccc1N1CCSN1. The first kappa shape index (κ1) is 17.0. The van der Waals surface area contributed by atoms with Gasteiger partial charge in [0.2, 0.25) is 0 Å². The van der Waals surface area contributed by atoms with Gasteiger partial charge in [-0.15, -0.1) is 0 Å². The van der Waals surface area contributed by atoms with Crippen LogP contribution in [0.2, 0.25) is 0 Å². The van der Waals surface area contributed by atoms with Gasteiger partial charge >= 0.3 is 18.0 Å². The van der Waals surface area contributed by atoms with Gasteiger partial charge in [-0.3, -0.25) is 5.01 Å². The summed E-state index contributed by atoms with van der Waals surface area (Å²) in [7, 11) is 0. The monoisotopic (exact) mass is 350 g/mol. The summed E-state index contributed by atoms with van der Waals surface area (Å²) in [6, 6.07) is 1.30. The summed E-state index contributed by atoms with van der Waals surface area (Å²) in [6.45, 7) is 0.372. The number of anilines is 1. The molecule has 2 N–H and O–H groups in total. The Labute approximate surface area is 124 Å². The molecule has 2 rings (SSSR count). The third-order valence-corrected chi connectivity index (χ3v) is 3.77. The van der Waals surface area contributed by atoms with E-state index in [0.717, 1.165) is 6.07 Å². The highest BCUT2D eigenvalue weighted by molar-refractivity contribution is 7.97. The second-order valence-electron chi connectivity index (χ2n) is 4.45. The lowest BCUT2D eigenvalue weighted by atomic mass is 9.93. The fraction of sp³-hybridized carbons (Fsp3) is 0.455. The Morgan fingerprint density at radius 1 is 1.05 bits per heavy atom. The summed E-state index contributed by atoms with van der Waals surface area (Å²) in [6.07, 6.45) is -12.4. The van der Waals surface area contributed by atoms with Gasteiger partial charge in [0.15, 0.2) is 0 Å². The molecule has 22 heavy (non-hydrogen) atoms. The maximum atomic E-state index is 13.8. The number of hydrogen-bond acceptors (Lipinski definition) is 4. The standard InChI is InChI=1S/C11H9F7N2OS/c12-9(10(13,14)15,11(16,17)18)6-1-2-7(8(21)5-6)20-3-4-22-19-20/h1-2,5,19,21H,3-4H2. The molecule has 1 aliphatic heterocycles. The third-order valence-electron chi connectivity index (χ3n) is 3.04. The summed E-state index contributed by atoms with van der Waals surface area (Å²) in [5, 5.41) is 11.0. The average Bonchev–Trinajstić information content (AvgIpc) is 2.88. The molecule has 1 heterocycles. The molecule has 1 aliphatic rings. The number of halogens is 7. The third kappa shape index (κ3) is 2.67. The number of hydrogen-bond donors (Lipinski definition) is 2. The number of nitrogens with one attached hydrogen (secondary N) is 1. The Kier molecular flexibility index (Phi) is 4.15. The van der Waals surface area contributed by atoms with Crippen molar-refractivity contribution in [1.82, 2.24) is 4.83 Å². The van der Waals surface area contributed by atoms with E-state index >= 15 is 0 Å². The van der Waals surface area contributed by atoms with E-state index in [1.54, 1.807) is 0 Å². The Morgan fingerprint density at radius 3 is 2.05 bits per heavy atom. The lowest BCUT2D eigenvalue weighted by molar-refractivity contribution is -0.348. The van der Waals surface area contributed by atoms with Crippen molar-refractivity contribution in [3.63, 3.8) is 0 Å². The van der Waals surface area contributed by atoms with Crippen LogP contribution in [0.5, 0.6) is 5.75 Å². The van der Waals surface area contributed by atoms with Gasteiger partial charge in [0, 0.05) is 17.9 Å². The highest BCUT2D eigenvalue weighted by Gasteiger charge is 2.73. The van der Waals surface area contributed by atoms with Crippen LogP contribution in [0.4, 0.5) is 36.4 Å². The van der Waals surface area contributed by atoms with Crippen LogP contribution in [0, 0.1) is 0 Å². The predicted molar refractivity (Wildman–Crippen MR) is 65.9 cm³/mol. The largest absolute Gasteiger partial charge is 0.506 e. The van der Waals surface area contributed by atoms with Crippen molar-refractivity contribution >= 4 is 17.6 Å². The summed E-state index contributed by atoms with van der Waals surface area (Å²) >= 11 is 1.23. The molecule has 0 atom stereocenters. The van der Waals surface area contributed by atoms with Crippen molar-refractivity contribution in [3.05, 3.63) is 23.8 Å². The van der Waals surface area contributed by atoms with Crippen molar-refractivity contribution < 1.29 is 35.8 Å². The number of hydrazine groups is 1. The van der Waals surface area contributed by atoms with E-state index in [0.29, 0.717) is 18.4 Å². The van der Waals surface area contributed by atoms with Crippen molar-refractivity contribution in [2.24, 2.45) is 0 Å². The second-order valence-corrected chi connectivity index (χ2v) is 5.33. The zero-order chi connectivity index (χ0) is 16.8. The number of phenols is 1. The molecule has 0 aromatic heterocycles. The van der Waals surface area contributed by atoms with Gasteiger partial charge in [0.25, 0.3) is 0 Å². The molecule has 0 saturated carbocycles. The molecule has 0 spiro atoms. The van der Waals surface area contributed by atoms with Crippen LogP contribution in [-0.2, 0) is 5.67 Å². The maximum absolute atomic E-state index is 13.8. The number of aromatic hydroxyl groups is 1. The molecule has 1 fully saturated rings. The molecular formula is C11H9F7N2OS. The van der Waals surface area contributed by atoms with Crippen LogP contribution in [0.3, 0.4) is 0 Å². The van der Waals surface area contributed by atoms with Crippen molar-refractivity contribution in [2.75, 3.05) is 17.3 Å². The fourth-order valence-electron chi connectivity index (χ4n) is 1.93. The minimum atomic E-state index is -6.21. The molecule has 11 heteroatoms. The minimum Gasteiger partial charge on any atom is -0.506 e. The Balaban J connectivity index is 2.48. The Hall–Kier alpha value is -1.36. The smallest absolute Gasteiger partial charge is 0.435 e. The van der Waals surface area contributed by atoms with Gasteiger partial charge < -0.3 is 5.11 Å². The number of benzene rings is 1. The van der Waals surface area contributed by atoms with Gasteiger partial charge in [-0.25, -0.2) is 4.39 Å². The van der Waals surface area contributed by atoms with Gasteiger partial charge in [-0.2, -0.15) is 31.2 Å². The van der Waals surface area contributed by atoms with Gasteiger partial charge in [-0.1, -0.05) is 18.0 Å². The normalized spacial score (nSPS) is 17.1. The quantitative estimate of drug-likeness (QED) is 0.630. The summed E-state index contributed by atoms with van der Waals surface area (Å²) in [4.78, 5) is 2.68. The molecule has 1 aromatic rings. The second kappa shape index (κ2) is 5.37. The van der Waals surface area contributed by atoms with Crippen LogP contribution < -0.4 is 9.84 Å². The van der Waals surface area contributed by atoms with E-state index in [4.69, 9.17) is 0 Å². The van der Waals surface area contributed by atoms with Gasteiger partial charge in [0.1, 0.15) is 5.75 Å². The van der Waals surface area contributed by atoms with Crippen LogP contribution >= 0.6 is 11.9 Å². The first-order chi connectivity index (χ1) is 9.98. The van der Waals surface area contributed by atoms with Crippen molar-refractivity contribution in [3.8, 4) is 5.75 Å². The first-order valence-electron chi connectivity index (χ1n) is 5.79. The number of alkyl halides is 7. The van der Waals surface area contributed by atoms with E-state index in [9.17, 15) is 35.8 Å². The Bertz CT molecular complexity index is 540. The van der Waals surface area contributed by atoms with Crippen LogP contribution in [0.1, 0.15) is 5.56 Å². The van der Waals surface area contributed by atoms with Crippen LogP contribution in [0.25, 0.3) is 0 Å². The molecule has 1 aromatic carbocycles. The molecule has 0 unspecified atom stereocenters. The lowest BCUT2D eigenvalue weighted by Crippen LogP contribution is -2.50. The number of phenolic OH excluding ortho intramolecular Hbond substituents is 1. The van der Waals surface area contributed by atoms with Crippen LogP contribution in [0.15, 0.2) is 18.2 Å². The van der Waals surface area contributed by atoms with E-state index in [-0.39, 0.29) is 11.8 Å². The van der Waals surface area contributed by atoms with E-state index in [1.165, 1.54) is 17.0 Å². The van der Waals surface area contributed by atoms with E-state index < -0.39 is 29.3 Å². The summed E-state index contributed by atoms with van der Waals surface area (Å²) < 4.78 is 89.5. The van der Waals surface area contributed by atoms with Crippen molar-refractivity contribution in [1.29, 1.82) is 0 Å². The first-order valence-corrected chi connectivity index (χ1v) is 6.78. The average molecular weight is 350 g/mol. The fourth-order valence-corrected chi connectivity index (χ4v) is 2.64. The molecule has 0 amide bonds. The van der Waals surface area contributed by atoms with Crippen molar-refractivity contribution in [2.45, 2.75) is 18.0 Å². The minimum absolute atomic E-state index is 0.0413. The molecule has 124 valence electrons. The number of nitrogens with zero attached hydrogens (tertiary/aromatic N) is 1. The highest BCUT2D eigenvalue weighted by Crippen LogP contribution is 2.54. The van der Waals surface area contributed by atoms with E-state index in [1.807, 2.05) is 0 Å². The molecule has 3 nitrogen and oxygen atoms in total. The zero-order valence-electron chi connectivity index (χ0n) is 10.6. The number of rotatable bonds is 2. The highest BCUT2D eigenvalue weighted by atomic mass is 32.2. The predicted octanol–water partition coefficient (Wildman–Crippen LogP) is 3.65. The molecule has 0 aliphatic carbocycles. The summed E-state index contributed by atoms with van der Waals surface area (Å²) in [5.74, 6) is -0.290. The molecular weight excluding hydrogens is 341 g/mol. The Morgan fingerprint density at radius 2 is 1.64 bits per heavy atom. The van der Waals surface area contributed by atoms with E-state index in [2.05, 4.69) is 4.83 Å².